The van der Waals surface area contributed by atoms with E-state index < -0.39 is 10.5 Å². The van der Waals surface area contributed by atoms with E-state index in [-0.39, 0.29) is 36.5 Å². The molecule has 0 aromatic heterocycles. The van der Waals surface area contributed by atoms with E-state index in [1.807, 2.05) is 121 Å². The summed E-state index contributed by atoms with van der Waals surface area (Å²) < 4.78 is 0. The zero-order chi connectivity index (χ0) is 33.5. The summed E-state index contributed by atoms with van der Waals surface area (Å²) >= 11 is 2.88. The van der Waals surface area contributed by atoms with Gasteiger partial charge in [-0.2, -0.15) is 0 Å². The monoisotopic (exact) mass is 678 g/mol. The number of anilines is 2. The molecule has 2 heterocycles. The maximum atomic E-state index is 13.4. The molecule has 2 aliphatic rings. The van der Waals surface area contributed by atoms with Gasteiger partial charge in [0.25, 0.3) is 0 Å². The predicted molar refractivity (Wildman–Crippen MR) is 197 cm³/mol. The van der Waals surface area contributed by atoms with Crippen molar-refractivity contribution in [2.45, 2.75) is 39.6 Å². The molecule has 240 valence electrons. The van der Waals surface area contributed by atoms with Crippen molar-refractivity contribution in [3.05, 3.63) is 145 Å². The Kier molecular flexibility index (Phi) is 8.27. The molecule has 0 N–H and O–H groups in total. The molecule has 2 unspecified atom stereocenters. The van der Waals surface area contributed by atoms with E-state index in [0.29, 0.717) is 17.8 Å². The van der Waals surface area contributed by atoms with E-state index in [1.54, 1.807) is 0 Å². The normalized spacial score (nSPS) is 18.0. The smallest absolute Gasteiger partial charge is 0.247 e. The van der Waals surface area contributed by atoms with Gasteiger partial charge in [-0.05, 0) is 81.6 Å². The number of thioether (sulfide) groups is 2. The Labute approximate surface area is 292 Å². The summed E-state index contributed by atoms with van der Waals surface area (Å²) in [5, 5.41) is 3.47. The van der Waals surface area contributed by atoms with E-state index in [4.69, 9.17) is 0 Å². The van der Waals surface area contributed by atoms with Crippen molar-refractivity contribution < 1.29 is 19.2 Å². The number of carbonyl (C=O) groups excluding carboxylic acids is 4. The molecule has 6 aromatic rings. The number of rotatable bonds is 8. The van der Waals surface area contributed by atoms with E-state index in [1.165, 1.54) is 33.3 Å². The summed E-state index contributed by atoms with van der Waals surface area (Å²) in [6.45, 7) is 0. The molecule has 49 heavy (non-hydrogen) atoms. The zero-order valence-electron chi connectivity index (χ0n) is 26.3. The largest absolute Gasteiger partial charge is 0.274 e. The molecule has 6 nitrogen and oxygen atoms in total. The lowest BCUT2D eigenvalue weighted by Gasteiger charge is -2.16. The van der Waals surface area contributed by atoms with Crippen LogP contribution in [0, 0.1) is 0 Å². The third kappa shape index (κ3) is 6.14. The van der Waals surface area contributed by atoms with Gasteiger partial charge in [-0.25, -0.2) is 9.80 Å². The van der Waals surface area contributed by atoms with Crippen LogP contribution in [-0.2, 0) is 25.6 Å². The van der Waals surface area contributed by atoms with Gasteiger partial charge in [-0.3, -0.25) is 19.2 Å². The van der Waals surface area contributed by atoms with Gasteiger partial charge in [-0.1, -0.05) is 91.0 Å². The van der Waals surface area contributed by atoms with Crippen LogP contribution in [0.5, 0.6) is 0 Å². The van der Waals surface area contributed by atoms with Crippen LogP contribution < -0.4 is 9.80 Å². The fraction of sp³-hybridized carbons (Fsp3) is 0.122. The summed E-state index contributed by atoms with van der Waals surface area (Å²) in [5.74, 6) is -0.796. The Morgan fingerprint density at radius 1 is 0.510 bits per heavy atom. The Morgan fingerprint density at radius 2 is 1.04 bits per heavy atom. The molecule has 0 radical (unpaired) electrons. The first-order valence-electron chi connectivity index (χ1n) is 16.1. The topological polar surface area (TPSA) is 74.8 Å². The Bertz CT molecular complexity index is 2260. The quantitative estimate of drug-likeness (QED) is 0.151. The maximum absolute atomic E-state index is 13.4. The maximum Gasteiger partial charge on any atom is 0.247 e. The van der Waals surface area contributed by atoms with Crippen LogP contribution in [0.3, 0.4) is 0 Å². The van der Waals surface area contributed by atoms with Gasteiger partial charge in [0.05, 0.1) is 21.9 Å². The van der Waals surface area contributed by atoms with Crippen molar-refractivity contribution in [1.82, 2.24) is 0 Å². The van der Waals surface area contributed by atoms with Gasteiger partial charge < -0.3 is 0 Å². The number of hydrogen-bond donors (Lipinski definition) is 0. The summed E-state index contributed by atoms with van der Waals surface area (Å²) in [6, 6.07) is 43.2. The van der Waals surface area contributed by atoms with Gasteiger partial charge in [0, 0.05) is 22.6 Å². The van der Waals surface area contributed by atoms with Crippen LogP contribution in [-0.4, -0.2) is 34.1 Å². The van der Waals surface area contributed by atoms with Gasteiger partial charge in [-0.15, -0.1) is 23.5 Å². The molecule has 8 heteroatoms. The minimum atomic E-state index is -0.474. The molecule has 0 aliphatic carbocycles. The Hall–Kier alpha value is -5.18. The van der Waals surface area contributed by atoms with Crippen LogP contribution in [0.2, 0.25) is 0 Å². The van der Waals surface area contributed by atoms with E-state index in [0.717, 1.165) is 42.5 Å². The lowest BCUT2D eigenvalue weighted by molar-refractivity contribution is -0.122. The molecular formula is C41H30N2O4S2. The summed E-state index contributed by atoms with van der Waals surface area (Å²) in [5.41, 5.74) is 3.16. The molecule has 0 spiro atoms. The van der Waals surface area contributed by atoms with Crippen molar-refractivity contribution in [3.8, 4) is 0 Å². The number of hydrogen-bond acceptors (Lipinski definition) is 6. The fourth-order valence-electron chi connectivity index (χ4n) is 6.55. The van der Waals surface area contributed by atoms with Gasteiger partial charge in [0.1, 0.15) is 0 Å². The predicted octanol–water partition coefficient (Wildman–Crippen LogP) is 8.43. The lowest BCUT2D eigenvalue weighted by atomic mass is 10.0. The molecule has 2 saturated heterocycles. The number of fused-ring (bicyclic) bond motifs is 2. The SMILES string of the molecule is O=C1CC(Sc2ccc3ccccc3c2)C(=O)N1c1ccc(Cc2ccc(N3C(=O)CC(Sc4cccc5ccccc45)C3=O)cc2)cc1. The Balaban J connectivity index is 0.907. The Morgan fingerprint density at radius 3 is 1.67 bits per heavy atom. The average Bonchev–Trinajstić information content (AvgIpc) is 3.56. The first-order chi connectivity index (χ1) is 23.9. The highest BCUT2D eigenvalue weighted by Gasteiger charge is 2.41. The van der Waals surface area contributed by atoms with Crippen molar-refractivity contribution >= 4 is 80.1 Å². The lowest BCUT2D eigenvalue weighted by Crippen LogP contribution is -2.31. The zero-order valence-corrected chi connectivity index (χ0v) is 28.0. The number of carbonyl (C=O) groups is 4. The highest BCUT2D eigenvalue weighted by atomic mass is 32.2. The second-order valence-electron chi connectivity index (χ2n) is 12.3. The number of amides is 4. The third-order valence-corrected chi connectivity index (χ3v) is 11.5. The second kappa shape index (κ2) is 13.0. The van der Waals surface area contributed by atoms with Crippen LogP contribution in [0.1, 0.15) is 24.0 Å². The number of imide groups is 2. The standard InChI is InChI=1S/C41H30N2O4S2/c44-38-24-36(48-33-21-16-28-6-1-2-8-30(28)23-33)40(46)42(38)31-17-12-26(13-18-31)22-27-14-19-32(20-15-27)43-39(45)25-37(41(43)47)49-35-11-5-9-29-7-3-4-10-34(29)35/h1-21,23,36-37H,22,24-25H2. The minimum absolute atomic E-state index is 0.158. The molecule has 0 saturated carbocycles. The van der Waals surface area contributed by atoms with E-state index in [2.05, 4.69) is 12.1 Å². The van der Waals surface area contributed by atoms with Crippen LogP contribution in [0.4, 0.5) is 11.4 Å². The first kappa shape index (κ1) is 31.1. The van der Waals surface area contributed by atoms with Crippen molar-refractivity contribution in [2.24, 2.45) is 0 Å². The highest BCUT2D eigenvalue weighted by molar-refractivity contribution is 8.01. The first-order valence-corrected chi connectivity index (χ1v) is 17.9. The minimum Gasteiger partial charge on any atom is -0.274 e. The molecule has 2 atom stereocenters. The van der Waals surface area contributed by atoms with Crippen molar-refractivity contribution in [2.75, 3.05) is 9.80 Å². The molecule has 8 rings (SSSR count). The molecule has 2 fully saturated rings. The van der Waals surface area contributed by atoms with E-state index in [9.17, 15) is 19.2 Å². The molecular weight excluding hydrogens is 649 g/mol. The highest BCUT2D eigenvalue weighted by Crippen LogP contribution is 2.38. The summed E-state index contributed by atoms with van der Waals surface area (Å²) in [7, 11) is 0. The average molecular weight is 679 g/mol. The second-order valence-corrected chi connectivity index (χ2v) is 14.8. The molecule has 2 aliphatic heterocycles. The molecule has 4 amide bonds. The van der Waals surface area contributed by atoms with Gasteiger partial charge >= 0.3 is 0 Å². The van der Waals surface area contributed by atoms with Crippen molar-refractivity contribution in [1.29, 1.82) is 0 Å². The van der Waals surface area contributed by atoms with Crippen molar-refractivity contribution in [3.63, 3.8) is 0 Å². The third-order valence-electron chi connectivity index (χ3n) is 9.03. The van der Waals surface area contributed by atoms with Crippen LogP contribution >= 0.6 is 23.5 Å². The fourth-order valence-corrected chi connectivity index (χ4v) is 8.86. The number of benzene rings is 6. The number of nitrogens with zero attached hydrogens (tertiary/aromatic N) is 2. The molecule has 0 bridgehead atoms. The van der Waals surface area contributed by atoms with E-state index >= 15 is 0 Å². The van der Waals surface area contributed by atoms with Gasteiger partial charge in [0.2, 0.25) is 23.6 Å². The summed E-state index contributed by atoms with van der Waals surface area (Å²) in [6.07, 6.45) is 0.936. The van der Waals surface area contributed by atoms with Crippen LogP contribution in [0.25, 0.3) is 21.5 Å². The van der Waals surface area contributed by atoms with Crippen LogP contribution in [0.15, 0.2) is 143 Å². The summed E-state index contributed by atoms with van der Waals surface area (Å²) in [4.78, 5) is 57.3. The van der Waals surface area contributed by atoms with Gasteiger partial charge in [0.15, 0.2) is 0 Å². The molecule has 6 aromatic carbocycles.